The lowest BCUT2D eigenvalue weighted by atomic mass is 10.1. The summed E-state index contributed by atoms with van der Waals surface area (Å²) in [5.74, 6) is -1.73. The summed E-state index contributed by atoms with van der Waals surface area (Å²) >= 11 is 5.36. The number of hydrogen-bond acceptors (Lipinski definition) is 4. The first-order valence-electron chi connectivity index (χ1n) is 7.46. The first kappa shape index (κ1) is 18.6. The van der Waals surface area contributed by atoms with Gasteiger partial charge >= 0.3 is 6.18 Å². The fraction of sp³-hybridized carbons (Fsp3) is 0.125. The third-order valence-electron chi connectivity index (χ3n) is 3.46. The molecule has 0 bridgehead atoms. The van der Waals surface area contributed by atoms with Crippen molar-refractivity contribution >= 4 is 40.6 Å². The van der Waals surface area contributed by atoms with Crippen LogP contribution in [0.3, 0.4) is 0 Å². The van der Waals surface area contributed by atoms with Gasteiger partial charge in [-0.1, -0.05) is 0 Å². The first-order valence-corrected chi connectivity index (χ1v) is 7.99. The summed E-state index contributed by atoms with van der Waals surface area (Å²) in [6.45, 7) is 0. The maximum Gasteiger partial charge on any atom is 0.416 e. The number of nitrogens with zero attached hydrogens (tertiary/aromatic N) is 3. The number of carbonyl (C=O) groups excluding carboxylic acids is 2. The van der Waals surface area contributed by atoms with E-state index in [9.17, 15) is 22.8 Å². The Kier molecular flexibility index (Phi) is 5.00. The van der Waals surface area contributed by atoms with Gasteiger partial charge in [0.05, 0.1) is 11.8 Å². The highest BCUT2D eigenvalue weighted by atomic mass is 35.5. The zero-order valence-electron chi connectivity index (χ0n) is 13.4. The number of amides is 2. The van der Waals surface area contributed by atoms with Crippen molar-refractivity contribution in [1.82, 2.24) is 14.6 Å². The Morgan fingerprint density at radius 1 is 1.11 bits per heavy atom. The molecule has 2 amide bonds. The zero-order chi connectivity index (χ0) is 19.6. The quantitative estimate of drug-likeness (QED) is 0.662. The van der Waals surface area contributed by atoms with E-state index in [4.69, 9.17) is 11.6 Å². The topological polar surface area (TPSA) is 88.4 Å². The maximum absolute atomic E-state index is 13.1. The number of fused-ring (bicyclic) bond motifs is 1. The molecule has 0 aliphatic rings. The molecule has 140 valence electrons. The van der Waals surface area contributed by atoms with Gasteiger partial charge in [0.2, 0.25) is 5.91 Å². The summed E-state index contributed by atoms with van der Waals surface area (Å²) in [5.41, 5.74) is -1.13. The number of alkyl halides is 4. The molecule has 0 spiro atoms. The molecule has 0 unspecified atom stereocenters. The van der Waals surface area contributed by atoms with Gasteiger partial charge in [-0.25, -0.2) is 4.98 Å². The summed E-state index contributed by atoms with van der Waals surface area (Å²) in [6, 6.07) is 5.57. The van der Waals surface area contributed by atoms with E-state index in [-0.39, 0.29) is 17.1 Å². The van der Waals surface area contributed by atoms with Crippen LogP contribution in [0.25, 0.3) is 5.65 Å². The summed E-state index contributed by atoms with van der Waals surface area (Å²) in [6.07, 6.45) is -1.82. The molecule has 1 aromatic carbocycles. The number of benzene rings is 1. The van der Waals surface area contributed by atoms with Crippen LogP contribution in [0.15, 0.2) is 42.7 Å². The van der Waals surface area contributed by atoms with Gasteiger partial charge < -0.3 is 10.6 Å². The Bertz CT molecular complexity index is 1020. The van der Waals surface area contributed by atoms with Crippen LogP contribution < -0.4 is 10.6 Å². The van der Waals surface area contributed by atoms with Crippen molar-refractivity contribution < 1.29 is 22.8 Å². The fourth-order valence-corrected chi connectivity index (χ4v) is 2.37. The molecule has 0 saturated heterocycles. The summed E-state index contributed by atoms with van der Waals surface area (Å²) in [5, 5.41) is 8.66. The molecule has 27 heavy (non-hydrogen) atoms. The minimum atomic E-state index is -4.71. The van der Waals surface area contributed by atoms with E-state index < -0.39 is 29.4 Å². The minimum Gasteiger partial charge on any atom is -0.325 e. The number of aromatic nitrogens is 3. The monoisotopic (exact) mass is 397 g/mol. The van der Waals surface area contributed by atoms with Gasteiger partial charge in [-0.15, -0.1) is 11.6 Å². The Morgan fingerprint density at radius 2 is 1.89 bits per heavy atom. The smallest absolute Gasteiger partial charge is 0.325 e. The van der Waals surface area contributed by atoms with Crippen molar-refractivity contribution in [2.75, 3.05) is 16.5 Å². The molecule has 7 nitrogen and oxygen atoms in total. The minimum absolute atomic E-state index is 0.195. The van der Waals surface area contributed by atoms with Gasteiger partial charge in [0.15, 0.2) is 5.65 Å². The highest BCUT2D eigenvalue weighted by molar-refractivity contribution is 6.29. The second-order valence-corrected chi connectivity index (χ2v) is 5.63. The van der Waals surface area contributed by atoms with Crippen LogP contribution in [-0.2, 0) is 11.0 Å². The largest absolute Gasteiger partial charge is 0.416 e. The summed E-state index contributed by atoms with van der Waals surface area (Å²) in [4.78, 5) is 27.9. The van der Waals surface area contributed by atoms with Crippen molar-refractivity contribution in [2.45, 2.75) is 6.18 Å². The Morgan fingerprint density at radius 3 is 2.59 bits per heavy atom. The molecule has 2 aromatic heterocycles. The Hall–Kier alpha value is -3.14. The third-order valence-corrected chi connectivity index (χ3v) is 3.70. The van der Waals surface area contributed by atoms with Gasteiger partial charge in [-0.3, -0.25) is 9.59 Å². The SMILES string of the molecule is O=C(CCl)Nc1cc(C(=O)Nc2ccnc3ccnn23)cc(C(F)(F)F)c1. The molecule has 3 aromatic rings. The van der Waals surface area contributed by atoms with Crippen molar-refractivity contribution in [2.24, 2.45) is 0 Å². The maximum atomic E-state index is 13.1. The molecule has 0 atom stereocenters. The van der Waals surface area contributed by atoms with Gasteiger partial charge in [0.25, 0.3) is 5.91 Å². The Labute approximate surface area is 155 Å². The molecule has 3 rings (SSSR count). The average molecular weight is 398 g/mol. The fourth-order valence-electron chi connectivity index (χ4n) is 2.31. The standard InChI is InChI=1S/C16H11ClF3N5O2/c17-8-14(26)23-11-6-9(5-10(7-11)16(18,19)20)15(27)24-13-1-3-21-12-2-4-22-25(12)13/h1-7H,8H2,(H,23,26)(H,24,27). The molecule has 11 heteroatoms. The normalized spacial score (nSPS) is 11.4. The number of nitrogens with one attached hydrogen (secondary N) is 2. The van der Waals surface area contributed by atoms with Crippen LogP contribution in [0, 0.1) is 0 Å². The van der Waals surface area contributed by atoms with Crippen LogP contribution in [0.4, 0.5) is 24.7 Å². The molecule has 2 N–H and O–H groups in total. The highest BCUT2D eigenvalue weighted by Gasteiger charge is 2.32. The molecule has 2 heterocycles. The van der Waals surface area contributed by atoms with Gasteiger partial charge in [0, 0.05) is 23.5 Å². The lowest BCUT2D eigenvalue weighted by molar-refractivity contribution is -0.137. The van der Waals surface area contributed by atoms with Gasteiger partial charge in [-0.05, 0) is 24.3 Å². The number of carbonyl (C=O) groups is 2. The number of rotatable bonds is 4. The van der Waals surface area contributed by atoms with E-state index in [1.807, 2.05) is 0 Å². The summed E-state index contributed by atoms with van der Waals surface area (Å²) < 4.78 is 40.7. The number of anilines is 2. The lowest BCUT2D eigenvalue weighted by Gasteiger charge is -2.13. The van der Waals surface area contributed by atoms with Crippen LogP contribution >= 0.6 is 11.6 Å². The van der Waals surface area contributed by atoms with E-state index in [1.54, 1.807) is 6.07 Å². The predicted octanol–water partition coefficient (Wildman–Crippen LogP) is 3.18. The van der Waals surface area contributed by atoms with E-state index >= 15 is 0 Å². The van der Waals surface area contributed by atoms with Crippen molar-refractivity contribution in [1.29, 1.82) is 0 Å². The van der Waals surface area contributed by atoms with E-state index in [0.717, 1.165) is 12.1 Å². The van der Waals surface area contributed by atoms with Gasteiger partial charge in [0.1, 0.15) is 11.7 Å². The van der Waals surface area contributed by atoms with Crippen LogP contribution in [0.5, 0.6) is 0 Å². The van der Waals surface area contributed by atoms with Crippen LogP contribution in [0.2, 0.25) is 0 Å². The average Bonchev–Trinajstić information content (AvgIpc) is 3.10. The van der Waals surface area contributed by atoms with Crippen molar-refractivity contribution in [3.8, 4) is 0 Å². The van der Waals surface area contributed by atoms with E-state index in [1.165, 1.54) is 23.0 Å². The summed E-state index contributed by atoms with van der Waals surface area (Å²) in [7, 11) is 0. The zero-order valence-corrected chi connectivity index (χ0v) is 14.2. The molecule has 0 saturated carbocycles. The second-order valence-electron chi connectivity index (χ2n) is 5.36. The molecule has 0 aliphatic heterocycles. The first-order chi connectivity index (χ1) is 12.8. The van der Waals surface area contributed by atoms with Crippen molar-refractivity contribution in [3.05, 3.63) is 53.9 Å². The van der Waals surface area contributed by atoms with Crippen molar-refractivity contribution in [3.63, 3.8) is 0 Å². The van der Waals surface area contributed by atoms with E-state index in [2.05, 4.69) is 20.7 Å². The Balaban J connectivity index is 1.96. The van der Waals surface area contributed by atoms with Crippen LogP contribution in [-0.4, -0.2) is 32.3 Å². The second kappa shape index (κ2) is 7.23. The molecule has 0 aliphatic carbocycles. The lowest BCUT2D eigenvalue weighted by Crippen LogP contribution is -2.18. The number of hydrogen-bond donors (Lipinski definition) is 2. The molecule has 0 fully saturated rings. The van der Waals surface area contributed by atoms with Crippen LogP contribution in [0.1, 0.15) is 15.9 Å². The van der Waals surface area contributed by atoms with E-state index in [0.29, 0.717) is 11.7 Å². The molecular formula is C16H11ClF3N5O2. The van der Waals surface area contributed by atoms with Gasteiger partial charge in [-0.2, -0.15) is 22.8 Å². The molecule has 0 radical (unpaired) electrons. The molecular weight excluding hydrogens is 387 g/mol. The predicted molar refractivity (Wildman–Crippen MR) is 91.7 cm³/mol. The third kappa shape index (κ3) is 4.17. The number of halogens is 4. The highest BCUT2D eigenvalue weighted by Crippen LogP contribution is 2.32.